The van der Waals surface area contributed by atoms with Gasteiger partial charge in [0.25, 0.3) is 0 Å². The summed E-state index contributed by atoms with van der Waals surface area (Å²) >= 11 is 5.77. The van der Waals surface area contributed by atoms with Crippen LogP contribution < -0.4 is 0 Å². The zero-order valence-corrected chi connectivity index (χ0v) is 7.00. The first kappa shape index (κ1) is 8.20. The molecule has 5 heteroatoms. The molecule has 0 aromatic heterocycles. The zero-order chi connectivity index (χ0) is 8.48. The molecule has 0 amide bonds. The fourth-order valence-corrected chi connectivity index (χ4v) is 0.938. The Morgan fingerprint density at radius 1 is 1.73 bits per heavy atom. The third-order valence-corrected chi connectivity index (χ3v) is 1.45. The van der Waals surface area contributed by atoms with Gasteiger partial charge in [0.05, 0.1) is 11.9 Å². The molecule has 0 radical (unpaired) electrons. The van der Waals surface area contributed by atoms with E-state index in [4.69, 9.17) is 16.8 Å². The minimum absolute atomic E-state index is 0.350. The van der Waals surface area contributed by atoms with Gasteiger partial charge in [-0.1, -0.05) is 16.8 Å². The van der Waals surface area contributed by atoms with Crippen molar-refractivity contribution < 1.29 is 5.21 Å². The van der Waals surface area contributed by atoms with Crippen molar-refractivity contribution in [1.82, 2.24) is 0 Å². The van der Waals surface area contributed by atoms with Gasteiger partial charge in [-0.25, -0.2) is 9.98 Å². The Morgan fingerprint density at radius 2 is 2.36 bits per heavy atom. The zero-order valence-electron chi connectivity index (χ0n) is 6.24. The van der Waals surface area contributed by atoms with E-state index in [-0.39, 0.29) is 0 Å². The SMILES string of the molecule is CC1=NC(C)(Cl)N=CC1=NO. The van der Waals surface area contributed by atoms with Crippen LogP contribution in [0, 0.1) is 0 Å². The Kier molecular flexibility index (Phi) is 1.95. The molecule has 1 atom stereocenters. The molecule has 0 fully saturated rings. The number of alkyl halides is 1. The maximum Gasteiger partial charge on any atom is 0.222 e. The molecule has 0 aliphatic carbocycles. The molecule has 0 saturated heterocycles. The molecule has 4 nitrogen and oxygen atoms in total. The predicted molar refractivity (Wildman–Crippen MR) is 45.1 cm³/mol. The van der Waals surface area contributed by atoms with Crippen molar-refractivity contribution in [3.63, 3.8) is 0 Å². The molecule has 0 aromatic rings. The van der Waals surface area contributed by atoms with E-state index >= 15 is 0 Å². The third-order valence-electron chi connectivity index (χ3n) is 1.27. The van der Waals surface area contributed by atoms with Gasteiger partial charge in [0.2, 0.25) is 5.12 Å². The van der Waals surface area contributed by atoms with Gasteiger partial charge in [0.1, 0.15) is 5.71 Å². The first-order valence-electron chi connectivity index (χ1n) is 3.08. The Hall–Kier alpha value is -0.900. The Bertz CT molecular complexity index is 255. The van der Waals surface area contributed by atoms with Gasteiger partial charge in [-0.3, -0.25) is 0 Å². The van der Waals surface area contributed by atoms with Crippen molar-refractivity contribution >= 4 is 29.2 Å². The molecular weight excluding hydrogens is 166 g/mol. The van der Waals surface area contributed by atoms with E-state index < -0.39 is 5.12 Å². The van der Waals surface area contributed by atoms with Crippen LogP contribution in [0.4, 0.5) is 0 Å². The van der Waals surface area contributed by atoms with E-state index in [1.54, 1.807) is 13.8 Å². The van der Waals surface area contributed by atoms with Crippen molar-refractivity contribution in [1.29, 1.82) is 0 Å². The fourth-order valence-electron chi connectivity index (χ4n) is 0.763. The van der Waals surface area contributed by atoms with Crippen LogP contribution in [0.25, 0.3) is 0 Å². The highest BCUT2D eigenvalue weighted by molar-refractivity contribution is 6.63. The van der Waals surface area contributed by atoms with Gasteiger partial charge in [-0.15, -0.1) is 0 Å². The minimum Gasteiger partial charge on any atom is -0.410 e. The summed E-state index contributed by atoms with van der Waals surface area (Å²) in [6, 6.07) is 0. The Morgan fingerprint density at radius 3 is 2.82 bits per heavy atom. The van der Waals surface area contributed by atoms with E-state index in [0.717, 1.165) is 0 Å². The number of halogens is 1. The highest BCUT2D eigenvalue weighted by Gasteiger charge is 2.22. The van der Waals surface area contributed by atoms with Gasteiger partial charge in [0, 0.05) is 0 Å². The van der Waals surface area contributed by atoms with Gasteiger partial charge in [-0.05, 0) is 13.8 Å². The number of hydrogen-bond acceptors (Lipinski definition) is 4. The molecule has 0 aromatic carbocycles. The molecule has 1 unspecified atom stereocenters. The van der Waals surface area contributed by atoms with E-state index in [1.807, 2.05) is 0 Å². The van der Waals surface area contributed by atoms with Gasteiger partial charge in [0.15, 0.2) is 0 Å². The van der Waals surface area contributed by atoms with Gasteiger partial charge < -0.3 is 5.21 Å². The number of hydrogen-bond donors (Lipinski definition) is 1. The van der Waals surface area contributed by atoms with Crippen LogP contribution >= 0.6 is 11.6 Å². The van der Waals surface area contributed by atoms with Crippen molar-refractivity contribution in [3.8, 4) is 0 Å². The molecule has 1 aliphatic rings. The molecule has 11 heavy (non-hydrogen) atoms. The Balaban J connectivity index is 2.98. The summed E-state index contributed by atoms with van der Waals surface area (Å²) in [5, 5.41) is 10.4. The first-order valence-corrected chi connectivity index (χ1v) is 3.46. The van der Waals surface area contributed by atoms with Crippen LogP contribution in [0.2, 0.25) is 0 Å². The number of rotatable bonds is 0. The first-order chi connectivity index (χ1) is 5.05. The van der Waals surface area contributed by atoms with Crippen LogP contribution in [-0.2, 0) is 0 Å². The molecule has 1 N–H and O–H groups in total. The summed E-state index contributed by atoms with van der Waals surface area (Å²) in [5.41, 5.74) is 0.933. The van der Waals surface area contributed by atoms with E-state index in [9.17, 15) is 0 Å². The summed E-state index contributed by atoms with van der Waals surface area (Å²) < 4.78 is 0. The smallest absolute Gasteiger partial charge is 0.222 e. The highest BCUT2D eigenvalue weighted by atomic mass is 35.5. The Labute approximate surface area is 69.3 Å². The van der Waals surface area contributed by atoms with Crippen molar-refractivity contribution in [3.05, 3.63) is 0 Å². The molecule has 0 bridgehead atoms. The van der Waals surface area contributed by atoms with Crippen LogP contribution in [0.15, 0.2) is 15.1 Å². The maximum atomic E-state index is 8.40. The topological polar surface area (TPSA) is 57.3 Å². The maximum absolute atomic E-state index is 8.40. The monoisotopic (exact) mass is 173 g/mol. The average Bonchev–Trinajstić information content (AvgIpc) is 1.86. The van der Waals surface area contributed by atoms with Gasteiger partial charge in [-0.2, -0.15) is 0 Å². The normalized spacial score (nSPS) is 34.1. The second-order valence-electron chi connectivity index (χ2n) is 2.35. The number of aliphatic imine (C=N–C) groups is 2. The van der Waals surface area contributed by atoms with Crippen molar-refractivity contribution in [2.24, 2.45) is 15.1 Å². The molecule has 1 rings (SSSR count). The summed E-state index contributed by atoms with van der Waals surface area (Å²) in [6.07, 6.45) is 1.40. The quantitative estimate of drug-likeness (QED) is 0.255. The standard InChI is InChI=1S/C6H8ClN3O/c1-4-5(10-11)3-8-6(2,7)9-4/h3,11H,1-2H3. The summed E-state index contributed by atoms with van der Waals surface area (Å²) in [5.74, 6) is 0. The predicted octanol–water partition coefficient (Wildman–Crippen LogP) is 1.27. The summed E-state index contributed by atoms with van der Waals surface area (Å²) in [4.78, 5) is 7.79. The third kappa shape index (κ3) is 1.77. The molecule has 60 valence electrons. The molecular formula is C6H8ClN3O. The molecule has 1 aliphatic heterocycles. The summed E-state index contributed by atoms with van der Waals surface area (Å²) in [6.45, 7) is 3.36. The van der Waals surface area contributed by atoms with Crippen LogP contribution in [0.3, 0.4) is 0 Å². The fraction of sp³-hybridized carbons (Fsp3) is 0.500. The lowest BCUT2D eigenvalue weighted by Gasteiger charge is -2.16. The van der Waals surface area contributed by atoms with E-state index in [1.165, 1.54) is 6.21 Å². The van der Waals surface area contributed by atoms with Crippen LogP contribution in [0.5, 0.6) is 0 Å². The molecule has 0 saturated carbocycles. The van der Waals surface area contributed by atoms with Crippen molar-refractivity contribution in [2.45, 2.75) is 19.0 Å². The lowest BCUT2D eigenvalue weighted by molar-refractivity contribution is 0.321. The number of nitrogens with zero attached hydrogens (tertiary/aromatic N) is 3. The van der Waals surface area contributed by atoms with E-state index in [2.05, 4.69) is 15.1 Å². The second-order valence-corrected chi connectivity index (χ2v) is 3.06. The largest absolute Gasteiger partial charge is 0.410 e. The lowest BCUT2D eigenvalue weighted by atomic mass is 10.2. The number of oxime groups is 1. The average molecular weight is 174 g/mol. The minimum atomic E-state index is -0.932. The van der Waals surface area contributed by atoms with Crippen molar-refractivity contribution in [2.75, 3.05) is 0 Å². The van der Waals surface area contributed by atoms with E-state index in [0.29, 0.717) is 11.4 Å². The highest BCUT2D eigenvalue weighted by Crippen LogP contribution is 2.20. The molecule has 1 heterocycles. The second kappa shape index (κ2) is 2.62. The molecule has 0 spiro atoms. The van der Waals surface area contributed by atoms with Crippen LogP contribution in [0.1, 0.15) is 13.8 Å². The lowest BCUT2D eigenvalue weighted by Crippen LogP contribution is -2.25. The van der Waals surface area contributed by atoms with Crippen LogP contribution in [-0.4, -0.2) is 28.0 Å². The van der Waals surface area contributed by atoms with Gasteiger partial charge >= 0.3 is 0 Å². The summed E-state index contributed by atoms with van der Waals surface area (Å²) in [7, 11) is 0.